The Kier molecular flexibility index (Phi) is 3.66. The van der Waals surface area contributed by atoms with Crippen molar-refractivity contribution in [1.82, 2.24) is 9.62 Å². The average molecular weight is 313 g/mol. The Morgan fingerprint density at radius 3 is 2.19 bits per heavy atom. The van der Waals surface area contributed by atoms with Crippen molar-refractivity contribution >= 4 is 15.7 Å². The highest BCUT2D eigenvalue weighted by Gasteiger charge is 2.42. The summed E-state index contributed by atoms with van der Waals surface area (Å²) in [6.07, 6.45) is 0. The van der Waals surface area contributed by atoms with Gasteiger partial charge in [-0.2, -0.15) is 4.31 Å². The lowest BCUT2D eigenvalue weighted by Crippen LogP contribution is -2.65. The summed E-state index contributed by atoms with van der Waals surface area (Å²) in [5, 5.41) is 13.7. The molecule has 2 saturated heterocycles. The van der Waals surface area contributed by atoms with E-state index < -0.39 is 14.9 Å². The first-order valence-electron chi connectivity index (χ1n) is 6.56. The van der Waals surface area contributed by atoms with Crippen LogP contribution < -0.4 is 5.32 Å². The second-order valence-electron chi connectivity index (χ2n) is 5.09. The molecule has 0 aliphatic carbocycles. The van der Waals surface area contributed by atoms with Gasteiger partial charge in [-0.15, -0.1) is 0 Å². The largest absolute Gasteiger partial charge is 0.378 e. The predicted octanol–water partition coefficient (Wildman–Crippen LogP) is -0.0439. The maximum absolute atomic E-state index is 12.8. The molecule has 0 spiro atoms. The first-order chi connectivity index (χ1) is 10.00. The molecule has 2 heterocycles. The van der Waals surface area contributed by atoms with Gasteiger partial charge in [0.25, 0.3) is 5.69 Å². The molecule has 1 aromatic rings. The van der Waals surface area contributed by atoms with E-state index in [4.69, 9.17) is 4.74 Å². The Morgan fingerprint density at radius 1 is 1.19 bits per heavy atom. The lowest BCUT2D eigenvalue weighted by molar-refractivity contribution is -0.384. The number of nitro benzene ring substituents is 1. The third kappa shape index (κ3) is 2.53. The van der Waals surface area contributed by atoms with Crippen molar-refractivity contribution in [3.05, 3.63) is 34.4 Å². The van der Waals surface area contributed by atoms with Crippen molar-refractivity contribution < 1.29 is 18.1 Å². The highest BCUT2D eigenvalue weighted by molar-refractivity contribution is 7.89. The standard InChI is InChI=1S/C12H15N3O5S/c16-15(17)9-1-3-12(4-2-9)21(18,19)14(10-5-13-6-10)11-7-20-8-11/h1-4,10-11,13H,5-8H2. The molecule has 1 aromatic carbocycles. The van der Waals surface area contributed by atoms with E-state index in [1.165, 1.54) is 28.6 Å². The Labute approximate surface area is 121 Å². The molecule has 114 valence electrons. The summed E-state index contributed by atoms with van der Waals surface area (Å²) in [7, 11) is -3.67. The lowest BCUT2D eigenvalue weighted by Gasteiger charge is -2.44. The molecule has 9 heteroatoms. The summed E-state index contributed by atoms with van der Waals surface area (Å²) in [4.78, 5) is 10.2. The van der Waals surface area contributed by atoms with Crippen molar-refractivity contribution in [2.24, 2.45) is 0 Å². The molecule has 21 heavy (non-hydrogen) atoms. The fourth-order valence-corrected chi connectivity index (χ4v) is 4.15. The van der Waals surface area contributed by atoms with Crippen molar-refractivity contribution in [2.45, 2.75) is 17.0 Å². The van der Waals surface area contributed by atoms with Crippen LogP contribution in [0.1, 0.15) is 0 Å². The van der Waals surface area contributed by atoms with Crippen LogP contribution in [0.5, 0.6) is 0 Å². The van der Waals surface area contributed by atoms with Gasteiger partial charge in [0.1, 0.15) is 0 Å². The summed E-state index contributed by atoms with van der Waals surface area (Å²) in [5.41, 5.74) is -0.127. The van der Waals surface area contributed by atoms with Crippen LogP contribution in [-0.2, 0) is 14.8 Å². The van der Waals surface area contributed by atoms with E-state index in [2.05, 4.69) is 5.32 Å². The summed E-state index contributed by atoms with van der Waals surface area (Å²) in [6, 6.07) is 4.75. The van der Waals surface area contributed by atoms with Gasteiger partial charge in [0.2, 0.25) is 10.0 Å². The van der Waals surface area contributed by atoms with E-state index in [0.717, 1.165) is 0 Å². The van der Waals surface area contributed by atoms with E-state index in [-0.39, 0.29) is 22.7 Å². The second-order valence-corrected chi connectivity index (χ2v) is 6.93. The maximum atomic E-state index is 12.8. The zero-order chi connectivity index (χ0) is 15.0. The van der Waals surface area contributed by atoms with Gasteiger partial charge in [-0.3, -0.25) is 10.1 Å². The zero-order valence-corrected chi connectivity index (χ0v) is 12.0. The van der Waals surface area contributed by atoms with Crippen LogP contribution in [0.25, 0.3) is 0 Å². The lowest BCUT2D eigenvalue weighted by atomic mass is 10.1. The molecular formula is C12H15N3O5S. The smallest absolute Gasteiger partial charge is 0.269 e. The summed E-state index contributed by atoms with van der Waals surface area (Å²) < 4.78 is 32.1. The Morgan fingerprint density at radius 2 is 1.81 bits per heavy atom. The number of nitrogens with one attached hydrogen (secondary N) is 1. The number of sulfonamides is 1. The molecule has 2 aliphatic heterocycles. The number of hydrogen-bond acceptors (Lipinski definition) is 6. The van der Waals surface area contributed by atoms with Crippen molar-refractivity contribution in [3.8, 4) is 0 Å². The van der Waals surface area contributed by atoms with Crippen LogP contribution in [0, 0.1) is 10.1 Å². The van der Waals surface area contributed by atoms with Crippen molar-refractivity contribution in [3.63, 3.8) is 0 Å². The molecular weight excluding hydrogens is 298 g/mol. The van der Waals surface area contributed by atoms with Crippen LogP contribution in [-0.4, -0.2) is 56.0 Å². The van der Waals surface area contributed by atoms with Gasteiger partial charge >= 0.3 is 0 Å². The van der Waals surface area contributed by atoms with Gasteiger partial charge in [0.15, 0.2) is 0 Å². The Bertz CT molecular complexity index is 623. The van der Waals surface area contributed by atoms with Crippen molar-refractivity contribution in [1.29, 1.82) is 0 Å². The molecule has 2 aliphatic rings. The monoisotopic (exact) mass is 313 g/mol. The number of nitrogens with zero attached hydrogens (tertiary/aromatic N) is 2. The Balaban J connectivity index is 1.91. The Hall–Kier alpha value is -1.55. The molecule has 0 amide bonds. The minimum atomic E-state index is -3.67. The number of benzene rings is 1. The third-order valence-corrected chi connectivity index (χ3v) is 5.74. The quantitative estimate of drug-likeness (QED) is 0.604. The van der Waals surface area contributed by atoms with Gasteiger partial charge < -0.3 is 10.1 Å². The zero-order valence-electron chi connectivity index (χ0n) is 11.1. The highest BCUT2D eigenvalue weighted by Crippen LogP contribution is 2.27. The topological polar surface area (TPSA) is 102 Å². The van der Waals surface area contributed by atoms with Crippen LogP contribution in [0.4, 0.5) is 5.69 Å². The van der Waals surface area contributed by atoms with E-state index >= 15 is 0 Å². The maximum Gasteiger partial charge on any atom is 0.269 e. The highest BCUT2D eigenvalue weighted by atomic mass is 32.2. The van der Waals surface area contributed by atoms with Gasteiger partial charge in [-0.25, -0.2) is 8.42 Å². The van der Waals surface area contributed by atoms with E-state index in [9.17, 15) is 18.5 Å². The van der Waals surface area contributed by atoms with Gasteiger partial charge in [0, 0.05) is 25.2 Å². The van der Waals surface area contributed by atoms with Gasteiger partial charge in [-0.1, -0.05) is 0 Å². The van der Waals surface area contributed by atoms with Crippen LogP contribution in [0.3, 0.4) is 0 Å². The normalized spacial score (nSPS) is 20.0. The number of ether oxygens (including phenoxy) is 1. The summed E-state index contributed by atoms with van der Waals surface area (Å²) in [6.45, 7) is 2.01. The SMILES string of the molecule is O=[N+]([O-])c1ccc(S(=O)(=O)N(C2CNC2)C2COC2)cc1. The third-order valence-electron chi connectivity index (χ3n) is 3.72. The van der Waals surface area contributed by atoms with E-state index in [1.807, 2.05) is 0 Å². The number of hydrogen-bond donors (Lipinski definition) is 1. The molecule has 2 fully saturated rings. The van der Waals surface area contributed by atoms with Gasteiger partial charge in [0.05, 0.1) is 35.1 Å². The van der Waals surface area contributed by atoms with E-state index in [1.54, 1.807) is 0 Å². The van der Waals surface area contributed by atoms with Crippen LogP contribution in [0.2, 0.25) is 0 Å². The number of rotatable bonds is 5. The number of nitro groups is 1. The van der Waals surface area contributed by atoms with Gasteiger partial charge in [-0.05, 0) is 12.1 Å². The van der Waals surface area contributed by atoms with Crippen LogP contribution >= 0.6 is 0 Å². The fraction of sp³-hybridized carbons (Fsp3) is 0.500. The van der Waals surface area contributed by atoms with E-state index in [0.29, 0.717) is 26.3 Å². The molecule has 3 rings (SSSR count). The molecule has 8 nitrogen and oxygen atoms in total. The average Bonchev–Trinajstić information content (AvgIpc) is 2.34. The van der Waals surface area contributed by atoms with Crippen LogP contribution in [0.15, 0.2) is 29.2 Å². The summed E-state index contributed by atoms with van der Waals surface area (Å²) >= 11 is 0. The molecule has 0 aromatic heterocycles. The minimum absolute atomic E-state index is 0.0758. The van der Waals surface area contributed by atoms with Crippen molar-refractivity contribution in [2.75, 3.05) is 26.3 Å². The molecule has 0 radical (unpaired) electrons. The first-order valence-corrected chi connectivity index (χ1v) is 8.00. The molecule has 0 saturated carbocycles. The predicted molar refractivity (Wildman–Crippen MR) is 73.4 cm³/mol. The number of non-ortho nitro benzene ring substituents is 1. The fourth-order valence-electron chi connectivity index (χ4n) is 2.38. The minimum Gasteiger partial charge on any atom is -0.378 e. The molecule has 0 bridgehead atoms. The first kappa shape index (κ1) is 14.4. The molecule has 0 atom stereocenters. The summed E-state index contributed by atoms with van der Waals surface area (Å²) in [5.74, 6) is 0. The second kappa shape index (κ2) is 5.34. The molecule has 1 N–H and O–H groups in total. The molecule has 0 unspecified atom stereocenters.